The number of ether oxygens (including phenoxy) is 1. The van der Waals surface area contributed by atoms with Crippen LogP contribution in [0.2, 0.25) is 10.0 Å². The number of aryl methyl sites for hydroxylation is 1. The number of amides is 3. The lowest BCUT2D eigenvalue weighted by molar-refractivity contribution is -0.120. The fraction of sp³-hybridized carbons (Fsp3) is 0.0800. The number of rotatable bonds is 6. The maximum atomic E-state index is 13.1. The molecule has 1 heterocycles. The van der Waals surface area contributed by atoms with Crippen molar-refractivity contribution in [2.45, 2.75) is 6.92 Å². The fourth-order valence-electron chi connectivity index (χ4n) is 3.44. The van der Waals surface area contributed by atoms with Crippen molar-refractivity contribution in [2.24, 2.45) is 0 Å². The van der Waals surface area contributed by atoms with Crippen molar-refractivity contribution in [1.82, 2.24) is 0 Å². The van der Waals surface area contributed by atoms with Crippen LogP contribution in [-0.2, 0) is 9.59 Å². The van der Waals surface area contributed by atoms with Gasteiger partial charge in [-0.15, -0.1) is 0 Å². The van der Waals surface area contributed by atoms with Crippen molar-refractivity contribution in [3.05, 3.63) is 92.6 Å². The first-order valence-corrected chi connectivity index (χ1v) is 11.4. The molecule has 0 bridgehead atoms. The maximum Gasteiger partial charge on any atom is 0.283 e. The zero-order valence-corrected chi connectivity index (χ0v) is 20.8. The van der Waals surface area contributed by atoms with Crippen molar-refractivity contribution in [1.29, 1.82) is 0 Å². The van der Waals surface area contributed by atoms with Crippen LogP contribution in [0.1, 0.15) is 15.9 Å². The molecular formula is C25H18Cl3N3O4. The van der Waals surface area contributed by atoms with Crippen LogP contribution in [0.25, 0.3) is 0 Å². The summed E-state index contributed by atoms with van der Waals surface area (Å²) in [5.74, 6) is -1.11. The number of nitrogens with zero attached hydrogens (tertiary/aromatic N) is 1. The Hall–Kier alpha value is -3.52. The van der Waals surface area contributed by atoms with Crippen molar-refractivity contribution in [3.63, 3.8) is 0 Å². The first-order chi connectivity index (χ1) is 16.7. The van der Waals surface area contributed by atoms with E-state index in [0.717, 1.165) is 10.5 Å². The Labute approximate surface area is 216 Å². The number of halogens is 3. The summed E-state index contributed by atoms with van der Waals surface area (Å²) in [5, 5.41) is 6.16. The average molecular weight is 531 g/mol. The minimum absolute atomic E-state index is 0.0882. The van der Waals surface area contributed by atoms with Crippen molar-refractivity contribution in [2.75, 3.05) is 22.6 Å². The number of carbonyl (C=O) groups excluding carboxylic acids is 3. The van der Waals surface area contributed by atoms with E-state index in [2.05, 4.69) is 10.6 Å². The smallest absolute Gasteiger partial charge is 0.283 e. The van der Waals surface area contributed by atoms with Gasteiger partial charge < -0.3 is 15.4 Å². The van der Waals surface area contributed by atoms with Crippen molar-refractivity contribution in [3.8, 4) is 5.75 Å². The first kappa shape index (κ1) is 24.6. The summed E-state index contributed by atoms with van der Waals surface area (Å²) in [4.78, 5) is 39.6. The normalized spacial score (nSPS) is 13.3. The van der Waals surface area contributed by atoms with Gasteiger partial charge in [0.15, 0.2) is 0 Å². The Balaban J connectivity index is 1.57. The van der Waals surface area contributed by atoms with Crippen LogP contribution < -0.4 is 20.3 Å². The van der Waals surface area contributed by atoms with E-state index in [1.165, 1.54) is 7.11 Å². The van der Waals surface area contributed by atoms with Crippen LogP contribution in [0, 0.1) is 6.92 Å². The van der Waals surface area contributed by atoms with Crippen molar-refractivity contribution >= 4 is 69.6 Å². The molecule has 178 valence electrons. The van der Waals surface area contributed by atoms with Crippen molar-refractivity contribution < 1.29 is 19.1 Å². The highest BCUT2D eigenvalue weighted by molar-refractivity contribution is 6.53. The molecule has 7 nitrogen and oxygen atoms in total. The van der Waals surface area contributed by atoms with Gasteiger partial charge >= 0.3 is 0 Å². The summed E-state index contributed by atoms with van der Waals surface area (Å²) in [6.45, 7) is 1.79. The Morgan fingerprint density at radius 3 is 2.17 bits per heavy atom. The molecule has 0 unspecified atom stereocenters. The molecule has 10 heteroatoms. The topological polar surface area (TPSA) is 87.7 Å². The molecule has 0 saturated heterocycles. The Kier molecular flexibility index (Phi) is 7.03. The second-order valence-electron chi connectivity index (χ2n) is 7.60. The van der Waals surface area contributed by atoms with Gasteiger partial charge in [-0.25, -0.2) is 4.90 Å². The summed E-state index contributed by atoms with van der Waals surface area (Å²) < 4.78 is 5.12. The van der Waals surface area contributed by atoms with E-state index >= 15 is 0 Å². The number of methoxy groups -OCH3 is 1. The molecule has 4 rings (SSSR count). The Bertz CT molecular complexity index is 1370. The minimum Gasteiger partial charge on any atom is -0.497 e. The maximum absolute atomic E-state index is 13.1. The third-order valence-electron chi connectivity index (χ3n) is 5.24. The minimum atomic E-state index is -0.659. The quantitative estimate of drug-likeness (QED) is 0.382. The van der Waals surface area contributed by atoms with Gasteiger partial charge in [-0.2, -0.15) is 0 Å². The molecule has 3 amide bonds. The van der Waals surface area contributed by atoms with Gasteiger partial charge in [0, 0.05) is 27.0 Å². The van der Waals surface area contributed by atoms with E-state index in [9.17, 15) is 14.4 Å². The number of hydrogen-bond acceptors (Lipinski definition) is 5. The standard InChI is InChI=1S/C25H18Cl3N3O4/c1-13-3-4-14(23(32)29-17-11-15(26)10-16(27)12-17)9-20(13)30-22-21(28)24(33)31(25(22)34)18-5-7-19(35-2)8-6-18/h3-12,30H,1-2H3,(H,29,32). The molecule has 0 atom stereocenters. The van der Waals surface area contributed by atoms with Crippen LogP contribution in [0.4, 0.5) is 17.1 Å². The monoisotopic (exact) mass is 529 g/mol. The van der Waals surface area contributed by atoms with Crippen LogP contribution in [0.5, 0.6) is 5.75 Å². The SMILES string of the molecule is COc1ccc(N2C(=O)C(Cl)=C(Nc3cc(C(=O)Nc4cc(Cl)cc(Cl)c4)ccc3C)C2=O)cc1. The predicted octanol–water partition coefficient (Wildman–Crippen LogP) is 6.00. The Morgan fingerprint density at radius 2 is 1.54 bits per heavy atom. The molecule has 1 aliphatic heterocycles. The highest BCUT2D eigenvalue weighted by Gasteiger charge is 2.39. The van der Waals surface area contributed by atoms with Gasteiger partial charge in [0.05, 0.1) is 12.8 Å². The molecule has 0 aromatic heterocycles. The molecule has 0 radical (unpaired) electrons. The number of nitrogens with one attached hydrogen (secondary N) is 2. The van der Waals surface area contributed by atoms with Gasteiger partial charge in [0.1, 0.15) is 16.5 Å². The zero-order valence-electron chi connectivity index (χ0n) is 18.5. The lowest BCUT2D eigenvalue weighted by Crippen LogP contribution is -2.32. The van der Waals surface area contributed by atoms with Gasteiger partial charge in [-0.05, 0) is 67.1 Å². The largest absolute Gasteiger partial charge is 0.497 e. The highest BCUT2D eigenvalue weighted by atomic mass is 35.5. The first-order valence-electron chi connectivity index (χ1n) is 10.3. The third kappa shape index (κ3) is 5.12. The molecule has 0 saturated carbocycles. The van der Waals surface area contributed by atoms with Gasteiger partial charge in [0.2, 0.25) is 0 Å². The van der Waals surface area contributed by atoms with Crippen LogP contribution in [0.15, 0.2) is 71.4 Å². The summed E-state index contributed by atoms with van der Waals surface area (Å²) in [5.41, 5.74) is 2.16. The van der Waals surface area contributed by atoms with E-state index < -0.39 is 17.7 Å². The van der Waals surface area contributed by atoms with Crippen LogP contribution >= 0.6 is 34.8 Å². The molecule has 3 aromatic rings. The number of benzene rings is 3. The number of anilines is 3. The summed E-state index contributed by atoms with van der Waals surface area (Å²) in [6, 6.07) is 16.0. The van der Waals surface area contributed by atoms with E-state index in [0.29, 0.717) is 38.4 Å². The molecule has 1 aliphatic rings. The number of imide groups is 1. The zero-order chi connectivity index (χ0) is 25.3. The highest BCUT2D eigenvalue weighted by Crippen LogP contribution is 2.32. The average Bonchev–Trinajstić information content (AvgIpc) is 3.02. The molecule has 0 aliphatic carbocycles. The van der Waals surface area contributed by atoms with E-state index in [-0.39, 0.29) is 10.7 Å². The van der Waals surface area contributed by atoms with E-state index in [4.69, 9.17) is 39.5 Å². The molecular weight excluding hydrogens is 513 g/mol. The number of carbonyl (C=O) groups is 3. The second-order valence-corrected chi connectivity index (χ2v) is 8.85. The molecule has 2 N–H and O–H groups in total. The second kappa shape index (κ2) is 10.00. The summed E-state index contributed by atoms with van der Waals surface area (Å²) in [6.07, 6.45) is 0. The molecule has 3 aromatic carbocycles. The third-order valence-corrected chi connectivity index (χ3v) is 6.02. The van der Waals surface area contributed by atoms with E-state index in [1.807, 2.05) is 0 Å². The Morgan fingerprint density at radius 1 is 0.886 bits per heavy atom. The fourth-order valence-corrected chi connectivity index (χ4v) is 4.18. The summed E-state index contributed by atoms with van der Waals surface area (Å²) in [7, 11) is 1.52. The number of hydrogen-bond donors (Lipinski definition) is 2. The summed E-state index contributed by atoms with van der Waals surface area (Å²) >= 11 is 18.2. The van der Waals surface area contributed by atoms with Crippen LogP contribution in [-0.4, -0.2) is 24.8 Å². The molecule has 35 heavy (non-hydrogen) atoms. The predicted molar refractivity (Wildman–Crippen MR) is 138 cm³/mol. The van der Waals surface area contributed by atoms with Gasteiger partial charge in [-0.1, -0.05) is 40.9 Å². The lowest BCUT2D eigenvalue weighted by Gasteiger charge is -2.16. The van der Waals surface area contributed by atoms with Crippen LogP contribution in [0.3, 0.4) is 0 Å². The molecule has 0 spiro atoms. The van der Waals surface area contributed by atoms with Gasteiger partial charge in [-0.3, -0.25) is 14.4 Å². The molecule has 0 fully saturated rings. The van der Waals surface area contributed by atoms with Gasteiger partial charge in [0.25, 0.3) is 17.7 Å². The lowest BCUT2D eigenvalue weighted by atomic mass is 10.1. The van der Waals surface area contributed by atoms with E-state index in [1.54, 1.807) is 67.6 Å².